The lowest BCUT2D eigenvalue weighted by Gasteiger charge is -2.51. The lowest BCUT2D eigenvalue weighted by atomic mass is 9.74. The first-order chi connectivity index (χ1) is 12.4. The average molecular weight is 381 g/mol. The van der Waals surface area contributed by atoms with Gasteiger partial charge in [0.1, 0.15) is 5.82 Å². The first-order valence-electron chi connectivity index (χ1n) is 9.62. The number of carbonyl (C=O) groups excluding carboxylic acids is 1. The molecule has 0 spiro atoms. The van der Waals surface area contributed by atoms with E-state index in [9.17, 15) is 14.3 Å². The maximum Gasteiger partial charge on any atom is 0.225 e. The normalized spacial score (nSPS) is 30.0. The van der Waals surface area contributed by atoms with Crippen LogP contribution in [-0.4, -0.2) is 52.6 Å². The van der Waals surface area contributed by atoms with Crippen LogP contribution in [0.4, 0.5) is 4.39 Å². The number of hydrogen-bond donors (Lipinski definition) is 1. The molecule has 1 N–H and O–H groups in total. The third-order valence-electron chi connectivity index (χ3n) is 6.52. The highest BCUT2D eigenvalue weighted by Gasteiger charge is 2.46. The molecule has 2 atom stereocenters. The minimum atomic E-state index is -0.682. The Hall–Kier alpha value is -1.17. The van der Waals surface area contributed by atoms with E-state index < -0.39 is 5.60 Å². The summed E-state index contributed by atoms with van der Waals surface area (Å²) in [5, 5.41) is 11.6. The zero-order valence-corrected chi connectivity index (χ0v) is 15.7. The number of nitrogens with zero attached hydrogens (tertiary/aromatic N) is 2. The van der Waals surface area contributed by atoms with Crippen molar-refractivity contribution in [3.8, 4) is 0 Å². The summed E-state index contributed by atoms with van der Waals surface area (Å²) in [7, 11) is 0. The highest BCUT2D eigenvalue weighted by Crippen LogP contribution is 2.38. The van der Waals surface area contributed by atoms with Crippen molar-refractivity contribution in [2.24, 2.45) is 11.8 Å². The number of piperidine rings is 2. The van der Waals surface area contributed by atoms with Crippen molar-refractivity contribution in [2.45, 2.75) is 44.2 Å². The lowest BCUT2D eigenvalue weighted by molar-refractivity contribution is -0.153. The van der Waals surface area contributed by atoms with Gasteiger partial charge in [-0.1, -0.05) is 18.0 Å². The second-order valence-corrected chi connectivity index (χ2v) is 8.59. The highest BCUT2D eigenvalue weighted by molar-refractivity contribution is 6.31. The van der Waals surface area contributed by atoms with Gasteiger partial charge in [-0.2, -0.15) is 0 Å². The topological polar surface area (TPSA) is 43.8 Å². The van der Waals surface area contributed by atoms with Gasteiger partial charge in [-0.25, -0.2) is 4.39 Å². The molecule has 6 heteroatoms. The molecule has 2 saturated heterocycles. The minimum Gasteiger partial charge on any atom is -0.389 e. The van der Waals surface area contributed by atoms with E-state index in [1.165, 1.54) is 12.1 Å². The molecule has 1 amide bonds. The number of halogens is 2. The van der Waals surface area contributed by atoms with Crippen LogP contribution in [0.1, 0.15) is 37.7 Å². The molecule has 1 aromatic carbocycles. The summed E-state index contributed by atoms with van der Waals surface area (Å²) in [5.41, 5.74) is 0.0915. The van der Waals surface area contributed by atoms with Gasteiger partial charge < -0.3 is 10.0 Å². The van der Waals surface area contributed by atoms with Crippen LogP contribution in [0.3, 0.4) is 0 Å². The van der Waals surface area contributed by atoms with Crippen LogP contribution >= 0.6 is 11.6 Å². The molecular formula is C20H26ClFN2O2. The van der Waals surface area contributed by atoms with Gasteiger partial charge in [0.05, 0.1) is 5.60 Å². The summed E-state index contributed by atoms with van der Waals surface area (Å²) in [6.07, 6.45) is 4.52. The summed E-state index contributed by atoms with van der Waals surface area (Å²) in [6.45, 7) is 3.32. The van der Waals surface area contributed by atoms with Gasteiger partial charge in [-0.3, -0.25) is 9.69 Å². The van der Waals surface area contributed by atoms with Crippen molar-refractivity contribution >= 4 is 17.5 Å². The van der Waals surface area contributed by atoms with Gasteiger partial charge in [0.15, 0.2) is 0 Å². The number of fused-ring (bicyclic) bond motifs is 1. The van der Waals surface area contributed by atoms with Gasteiger partial charge in [0.2, 0.25) is 5.91 Å². The molecule has 0 unspecified atom stereocenters. The average Bonchev–Trinajstić information content (AvgIpc) is 2.56. The zero-order chi connectivity index (χ0) is 18.3. The van der Waals surface area contributed by atoms with Gasteiger partial charge >= 0.3 is 0 Å². The van der Waals surface area contributed by atoms with Gasteiger partial charge in [0.25, 0.3) is 0 Å². The van der Waals surface area contributed by atoms with Crippen LogP contribution in [0.15, 0.2) is 18.2 Å². The van der Waals surface area contributed by atoms with E-state index >= 15 is 0 Å². The molecule has 4 nitrogen and oxygen atoms in total. The summed E-state index contributed by atoms with van der Waals surface area (Å²) in [5.74, 6) is 0.227. The highest BCUT2D eigenvalue weighted by atomic mass is 35.5. The van der Waals surface area contributed by atoms with E-state index in [1.54, 1.807) is 6.07 Å². The Morgan fingerprint density at radius 2 is 2.04 bits per heavy atom. The van der Waals surface area contributed by atoms with Crippen molar-refractivity contribution in [1.82, 2.24) is 9.80 Å². The van der Waals surface area contributed by atoms with E-state index in [0.717, 1.165) is 31.4 Å². The Balaban J connectivity index is 1.42. The van der Waals surface area contributed by atoms with E-state index in [-0.39, 0.29) is 23.6 Å². The van der Waals surface area contributed by atoms with Crippen molar-refractivity contribution in [3.05, 3.63) is 34.6 Å². The third kappa shape index (κ3) is 3.49. The Kier molecular flexibility index (Phi) is 4.97. The fourth-order valence-corrected chi connectivity index (χ4v) is 4.71. The Morgan fingerprint density at radius 1 is 1.27 bits per heavy atom. The first kappa shape index (κ1) is 18.2. The fourth-order valence-electron chi connectivity index (χ4n) is 4.53. The number of aliphatic hydroxyl groups is 1. The van der Waals surface area contributed by atoms with Crippen LogP contribution in [0, 0.1) is 17.7 Å². The molecule has 0 radical (unpaired) electrons. The maximum absolute atomic E-state index is 13.5. The Labute approximate surface area is 158 Å². The summed E-state index contributed by atoms with van der Waals surface area (Å²) in [6, 6.07) is 4.44. The monoisotopic (exact) mass is 380 g/mol. The quantitative estimate of drug-likeness (QED) is 0.876. The van der Waals surface area contributed by atoms with E-state index in [4.69, 9.17) is 11.6 Å². The molecular weight excluding hydrogens is 355 g/mol. The molecule has 1 aliphatic carbocycles. The summed E-state index contributed by atoms with van der Waals surface area (Å²) in [4.78, 5) is 16.8. The molecule has 0 bridgehead atoms. The van der Waals surface area contributed by atoms with Crippen LogP contribution in [0.25, 0.3) is 0 Å². The molecule has 2 heterocycles. The minimum absolute atomic E-state index is 0.0429. The molecule has 1 saturated carbocycles. The third-order valence-corrected chi connectivity index (χ3v) is 6.89. The molecule has 2 aliphatic heterocycles. The number of rotatable bonds is 3. The van der Waals surface area contributed by atoms with Gasteiger partial charge in [-0.05, 0) is 49.4 Å². The largest absolute Gasteiger partial charge is 0.389 e. The van der Waals surface area contributed by atoms with Crippen molar-refractivity contribution in [2.75, 3.05) is 26.2 Å². The smallest absolute Gasteiger partial charge is 0.225 e. The van der Waals surface area contributed by atoms with Crippen molar-refractivity contribution < 1.29 is 14.3 Å². The standard InChI is InChI=1S/C20H26ClFN2O2/c21-18-5-4-17(22)10-15(18)11-23-8-6-20(26)7-9-24(13-16(20)12-23)19(25)14-2-1-3-14/h4-5,10,14,16,26H,1-3,6-9,11-13H2/t16-,20-/m0/s1. The predicted octanol–water partition coefficient (Wildman–Crippen LogP) is 3.06. The molecule has 4 rings (SSSR count). The number of carbonyl (C=O) groups is 1. The lowest BCUT2D eigenvalue weighted by Crippen LogP contribution is -2.61. The van der Waals surface area contributed by atoms with Gasteiger partial charge in [-0.15, -0.1) is 0 Å². The van der Waals surface area contributed by atoms with E-state index in [0.29, 0.717) is 44.0 Å². The van der Waals surface area contributed by atoms with Crippen LogP contribution < -0.4 is 0 Å². The summed E-state index contributed by atoms with van der Waals surface area (Å²) < 4.78 is 13.5. The molecule has 1 aromatic rings. The van der Waals surface area contributed by atoms with Crippen molar-refractivity contribution in [3.63, 3.8) is 0 Å². The molecule has 142 valence electrons. The molecule has 0 aromatic heterocycles. The Bertz CT molecular complexity index is 696. The van der Waals surface area contributed by atoms with E-state index in [1.807, 2.05) is 4.90 Å². The first-order valence-corrected chi connectivity index (χ1v) is 10.00. The number of hydrogen-bond acceptors (Lipinski definition) is 3. The van der Waals surface area contributed by atoms with Gasteiger partial charge in [0, 0.05) is 49.6 Å². The fraction of sp³-hybridized carbons (Fsp3) is 0.650. The van der Waals surface area contributed by atoms with Crippen LogP contribution in [0.2, 0.25) is 5.02 Å². The molecule has 26 heavy (non-hydrogen) atoms. The number of amides is 1. The second kappa shape index (κ2) is 7.10. The number of likely N-dealkylation sites (tertiary alicyclic amines) is 2. The van der Waals surface area contributed by atoms with Crippen LogP contribution in [0.5, 0.6) is 0 Å². The Morgan fingerprint density at radius 3 is 2.77 bits per heavy atom. The zero-order valence-electron chi connectivity index (χ0n) is 15.0. The second-order valence-electron chi connectivity index (χ2n) is 8.18. The molecule has 3 aliphatic rings. The van der Waals surface area contributed by atoms with Crippen molar-refractivity contribution in [1.29, 1.82) is 0 Å². The van der Waals surface area contributed by atoms with Crippen LogP contribution in [-0.2, 0) is 11.3 Å². The SMILES string of the molecule is O=C(C1CCC1)N1CC[C@@]2(O)CCN(Cc3cc(F)ccc3Cl)C[C@H]2C1. The van der Waals surface area contributed by atoms with E-state index in [2.05, 4.69) is 4.90 Å². The maximum atomic E-state index is 13.5. The number of benzene rings is 1. The molecule has 3 fully saturated rings. The summed E-state index contributed by atoms with van der Waals surface area (Å²) >= 11 is 6.21. The predicted molar refractivity (Wildman–Crippen MR) is 98.3 cm³/mol.